The summed E-state index contributed by atoms with van der Waals surface area (Å²) in [5.41, 5.74) is 6.04. The molecule has 3 aromatic rings. The summed E-state index contributed by atoms with van der Waals surface area (Å²) < 4.78 is 41.1. The van der Waals surface area contributed by atoms with E-state index in [0.29, 0.717) is 11.1 Å². The van der Waals surface area contributed by atoms with Gasteiger partial charge in [-0.2, -0.15) is 13.2 Å². The number of benzene rings is 1. The second kappa shape index (κ2) is 7.12. The van der Waals surface area contributed by atoms with Gasteiger partial charge in [-0.15, -0.1) is 5.10 Å². The van der Waals surface area contributed by atoms with Gasteiger partial charge in [-0.3, -0.25) is 4.79 Å². The standard InChI is InChI=1S/C19H15F3N6O/c20-19(21,22)15-4-12(11-1-2-11)3-13(5-15)18-26-10-28(27-18)8-16(17(23)29)14-6-24-9-25-7-14/h3-11H,1-2H2,(H2,23,29)/b16-8+. The van der Waals surface area contributed by atoms with Crippen molar-refractivity contribution < 1.29 is 18.0 Å². The highest BCUT2D eigenvalue weighted by Crippen LogP contribution is 2.43. The van der Waals surface area contributed by atoms with Crippen molar-refractivity contribution in [3.05, 3.63) is 59.9 Å². The van der Waals surface area contributed by atoms with Crippen LogP contribution in [-0.2, 0) is 11.0 Å². The van der Waals surface area contributed by atoms with Crippen molar-refractivity contribution in [2.75, 3.05) is 0 Å². The van der Waals surface area contributed by atoms with Crippen LogP contribution in [0.4, 0.5) is 13.2 Å². The third kappa shape index (κ3) is 4.15. The van der Waals surface area contributed by atoms with Gasteiger partial charge in [-0.25, -0.2) is 19.6 Å². The van der Waals surface area contributed by atoms with Crippen LogP contribution in [0.25, 0.3) is 23.2 Å². The average Bonchev–Trinajstić information content (AvgIpc) is 3.44. The van der Waals surface area contributed by atoms with Gasteiger partial charge in [0.05, 0.1) is 11.1 Å². The number of halogens is 3. The summed E-state index contributed by atoms with van der Waals surface area (Å²) in [6, 6.07) is 3.88. The van der Waals surface area contributed by atoms with Crippen LogP contribution in [0, 0.1) is 0 Å². The van der Waals surface area contributed by atoms with E-state index in [1.807, 2.05) is 0 Å². The van der Waals surface area contributed by atoms with Gasteiger partial charge in [-0.05, 0) is 42.5 Å². The average molecular weight is 400 g/mol. The van der Waals surface area contributed by atoms with Gasteiger partial charge in [0.1, 0.15) is 12.7 Å². The number of primary amides is 1. The molecule has 0 saturated heterocycles. The van der Waals surface area contributed by atoms with Crippen molar-refractivity contribution in [1.29, 1.82) is 0 Å². The first-order valence-corrected chi connectivity index (χ1v) is 8.72. The van der Waals surface area contributed by atoms with Crippen molar-refractivity contribution in [1.82, 2.24) is 24.7 Å². The maximum absolute atomic E-state index is 13.3. The molecule has 2 N–H and O–H groups in total. The number of hydrogen-bond acceptors (Lipinski definition) is 5. The highest BCUT2D eigenvalue weighted by atomic mass is 19.4. The number of aromatic nitrogens is 5. The molecule has 0 spiro atoms. The zero-order valence-corrected chi connectivity index (χ0v) is 15.0. The van der Waals surface area contributed by atoms with E-state index in [4.69, 9.17) is 5.73 Å². The lowest BCUT2D eigenvalue weighted by Crippen LogP contribution is -2.14. The van der Waals surface area contributed by atoms with E-state index >= 15 is 0 Å². The lowest BCUT2D eigenvalue weighted by molar-refractivity contribution is -0.137. The molecule has 0 bridgehead atoms. The van der Waals surface area contributed by atoms with E-state index in [9.17, 15) is 18.0 Å². The Hall–Kier alpha value is -3.56. The van der Waals surface area contributed by atoms with Crippen molar-refractivity contribution in [2.24, 2.45) is 5.73 Å². The minimum atomic E-state index is -4.46. The number of alkyl halides is 3. The molecule has 0 radical (unpaired) electrons. The van der Waals surface area contributed by atoms with Gasteiger partial charge in [-0.1, -0.05) is 0 Å². The fraction of sp³-hybridized carbons (Fsp3) is 0.211. The van der Waals surface area contributed by atoms with Gasteiger partial charge in [0.15, 0.2) is 5.82 Å². The molecule has 0 aliphatic heterocycles. The Morgan fingerprint density at radius 3 is 2.52 bits per heavy atom. The number of carbonyl (C=O) groups is 1. The van der Waals surface area contributed by atoms with Crippen LogP contribution >= 0.6 is 0 Å². The number of nitrogens with two attached hydrogens (primary N) is 1. The Labute approximate surface area is 163 Å². The first kappa shape index (κ1) is 18.8. The van der Waals surface area contributed by atoms with Crippen LogP contribution in [0.15, 0.2) is 43.2 Å². The minimum absolute atomic E-state index is 0.0877. The molecule has 1 aliphatic carbocycles. The van der Waals surface area contributed by atoms with Crippen LogP contribution < -0.4 is 5.73 Å². The Bertz CT molecular complexity index is 1090. The van der Waals surface area contributed by atoms with Crippen LogP contribution in [0.3, 0.4) is 0 Å². The van der Waals surface area contributed by atoms with E-state index in [1.165, 1.54) is 42.0 Å². The Morgan fingerprint density at radius 1 is 1.17 bits per heavy atom. The van der Waals surface area contributed by atoms with Crippen LogP contribution in [0.2, 0.25) is 0 Å². The van der Waals surface area contributed by atoms with E-state index in [1.54, 1.807) is 6.07 Å². The molecule has 1 saturated carbocycles. The SMILES string of the molecule is NC(=O)/C(=C/n1cnc(-c2cc(C3CC3)cc(C(F)(F)F)c2)n1)c1cncnc1. The number of nitrogens with zero attached hydrogens (tertiary/aromatic N) is 5. The van der Waals surface area contributed by atoms with Crippen LogP contribution in [0.5, 0.6) is 0 Å². The molecule has 2 heterocycles. The second-order valence-electron chi connectivity index (χ2n) is 6.70. The molecule has 1 amide bonds. The quantitative estimate of drug-likeness (QED) is 0.664. The molecular weight excluding hydrogens is 385 g/mol. The third-order valence-electron chi connectivity index (χ3n) is 4.50. The largest absolute Gasteiger partial charge is 0.416 e. The zero-order chi connectivity index (χ0) is 20.6. The zero-order valence-electron chi connectivity index (χ0n) is 15.0. The number of amides is 1. The topological polar surface area (TPSA) is 99.6 Å². The molecule has 10 heteroatoms. The first-order chi connectivity index (χ1) is 13.8. The van der Waals surface area contributed by atoms with Gasteiger partial charge in [0.2, 0.25) is 0 Å². The molecule has 29 heavy (non-hydrogen) atoms. The molecule has 0 atom stereocenters. The highest BCUT2D eigenvalue weighted by Gasteiger charge is 2.34. The second-order valence-corrected chi connectivity index (χ2v) is 6.70. The van der Waals surface area contributed by atoms with E-state index in [-0.39, 0.29) is 22.9 Å². The fourth-order valence-corrected chi connectivity index (χ4v) is 2.92. The van der Waals surface area contributed by atoms with E-state index < -0.39 is 17.6 Å². The summed E-state index contributed by atoms with van der Waals surface area (Å²) >= 11 is 0. The van der Waals surface area contributed by atoms with Crippen molar-refractivity contribution in [2.45, 2.75) is 24.9 Å². The molecule has 1 aromatic carbocycles. The summed E-state index contributed by atoms with van der Waals surface area (Å²) in [7, 11) is 0. The summed E-state index contributed by atoms with van der Waals surface area (Å²) in [6.07, 6.45) is 4.02. The first-order valence-electron chi connectivity index (χ1n) is 8.72. The van der Waals surface area contributed by atoms with Gasteiger partial charge in [0, 0.05) is 29.7 Å². The normalized spacial score (nSPS) is 14.8. The summed E-state index contributed by atoms with van der Waals surface area (Å²) in [4.78, 5) is 23.5. The van der Waals surface area contributed by atoms with Crippen LogP contribution in [0.1, 0.15) is 35.4 Å². The summed E-state index contributed by atoms with van der Waals surface area (Å²) in [5.74, 6) is -0.480. The molecule has 4 rings (SSSR count). The molecular formula is C19H15F3N6O. The molecule has 148 valence electrons. The lowest BCUT2D eigenvalue weighted by atomic mass is 10.0. The number of rotatable bonds is 5. The summed E-state index contributed by atoms with van der Waals surface area (Å²) in [5, 5.41) is 4.19. The van der Waals surface area contributed by atoms with Gasteiger partial charge < -0.3 is 5.73 Å². The third-order valence-corrected chi connectivity index (χ3v) is 4.50. The lowest BCUT2D eigenvalue weighted by Gasteiger charge is -2.10. The molecule has 7 nitrogen and oxygen atoms in total. The monoisotopic (exact) mass is 400 g/mol. The predicted octanol–water partition coefficient (Wildman–Crippen LogP) is 3.11. The molecule has 1 aliphatic rings. The Kier molecular flexibility index (Phi) is 4.61. The fourth-order valence-electron chi connectivity index (χ4n) is 2.92. The van der Waals surface area contributed by atoms with Crippen molar-refractivity contribution >= 4 is 17.7 Å². The van der Waals surface area contributed by atoms with Crippen LogP contribution in [-0.4, -0.2) is 30.6 Å². The van der Waals surface area contributed by atoms with Gasteiger partial charge >= 0.3 is 6.18 Å². The number of hydrogen-bond donors (Lipinski definition) is 1. The van der Waals surface area contributed by atoms with Crippen molar-refractivity contribution in [3.8, 4) is 11.4 Å². The highest BCUT2D eigenvalue weighted by molar-refractivity contribution is 6.22. The van der Waals surface area contributed by atoms with E-state index in [0.717, 1.165) is 18.9 Å². The predicted molar refractivity (Wildman–Crippen MR) is 97.8 cm³/mol. The maximum Gasteiger partial charge on any atom is 0.416 e. The summed E-state index contributed by atoms with van der Waals surface area (Å²) in [6.45, 7) is 0. The maximum atomic E-state index is 13.3. The molecule has 0 unspecified atom stereocenters. The Morgan fingerprint density at radius 2 is 1.90 bits per heavy atom. The smallest absolute Gasteiger partial charge is 0.366 e. The molecule has 1 fully saturated rings. The number of carbonyl (C=O) groups excluding carboxylic acids is 1. The minimum Gasteiger partial charge on any atom is -0.366 e. The van der Waals surface area contributed by atoms with E-state index in [2.05, 4.69) is 20.1 Å². The molecule has 2 aromatic heterocycles. The van der Waals surface area contributed by atoms with Crippen molar-refractivity contribution in [3.63, 3.8) is 0 Å². The Balaban J connectivity index is 1.72. The van der Waals surface area contributed by atoms with Gasteiger partial charge in [0.25, 0.3) is 5.91 Å².